The molecule has 0 saturated heterocycles. The lowest BCUT2D eigenvalue weighted by Crippen LogP contribution is -2.07. The van der Waals surface area contributed by atoms with Crippen LogP contribution in [0.5, 0.6) is 0 Å². The van der Waals surface area contributed by atoms with Crippen LogP contribution in [-0.4, -0.2) is 5.11 Å². The van der Waals surface area contributed by atoms with E-state index in [1.807, 2.05) is 0 Å². The van der Waals surface area contributed by atoms with Gasteiger partial charge in [0.25, 0.3) is 0 Å². The van der Waals surface area contributed by atoms with Crippen molar-refractivity contribution in [3.05, 3.63) is 70.8 Å². The van der Waals surface area contributed by atoms with Crippen LogP contribution in [0.2, 0.25) is 0 Å². The molecule has 0 amide bonds. The zero-order valence-corrected chi connectivity index (χ0v) is 9.71. The molecule has 0 aromatic heterocycles. The summed E-state index contributed by atoms with van der Waals surface area (Å²) in [4.78, 5) is 0. The molecule has 2 rings (SSSR count). The smallest absolute Gasteiger partial charge is 0.164 e. The molecule has 1 N–H and O–H groups in total. The molecule has 100 valence electrons. The highest BCUT2D eigenvalue weighted by atomic mass is 19.2. The minimum absolute atomic E-state index is 0.101. The molecule has 0 bridgehead atoms. The number of hydrogen-bond donors (Lipinski definition) is 1. The Morgan fingerprint density at radius 2 is 1.42 bits per heavy atom. The van der Waals surface area contributed by atoms with E-state index in [0.717, 1.165) is 12.1 Å². The summed E-state index contributed by atoms with van der Waals surface area (Å²) in [5.74, 6) is -4.44. The van der Waals surface area contributed by atoms with E-state index in [1.54, 1.807) is 0 Å². The molecule has 2 aromatic rings. The first-order valence-corrected chi connectivity index (χ1v) is 5.55. The van der Waals surface area contributed by atoms with Crippen LogP contribution in [-0.2, 0) is 6.42 Å². The second kappa shape index (κ2) is 5.40. The Morgan fingerprint density at radius 1 is 0.842 bits per heavy atom. The topological polar surface area (TPSA) is 20.2 Å². The van der Waals surface area contributed by atoms with E-state index < -0.39 is 29.4 Å². The molecule has 0 aliphatic rings. The van der Waals surface area contributed by atoms with Gasteiger partial charge < -0.3 is 5.11 Å². The number of benzene rings is 2. The zero-order valence-electron chi connectivity index (χ0n) is 9.71. The van der Waals surface area contributed by atoms with Crippen LogP contribution in [0.1, 0.15) is 17.2 Å². The van der Waals surface area contributed by atoms with Crippen LogP contribution >= 0.6 is 0 Å². The number of aliphatic hydroxyl groups is 1. The highest BCUT2D eigenvalue weighted by Crippen LogP contribution is 2.24. The summed E-state index contributed by atoms with van der Waals surface area (Å²) in [6.45, 7) is 0. The first kappa shape index (κ1) is 13.5. The average Bonchev–Trinajstić information content (AvgIpc) is 2.38. The molecule has 1 nitrogen and oxygen atoms in total. The Labute approximate surface area is 107 Å². The summed E-state index contributed by atoms with van der Waals surface area (Å²) in [5.41, 5.74) is -0.389. The molecule has 0 heterocycles. The summed E-state index contributed by atoms with van der Waals surface area (Å²) < 4.78 is 52.8. The van der Waals surface area contributed by atoms with Crippen LogP contribution in [0.4, 0.5) is 17.6 Å². The molecular weight excluding hydrogens is 260 g/mol. The molecule has 0 fully saturated rings. The van der Waals surface area contributed by atoms with E-state index >= 15 is 0 Å². The van der Waals surface area contributed by atoms with Crippen molar-refractivity contribution in [2.45, 2.75) is 12.5 Å². The summed E-state index contributed by atoms with van der Waals surface area (Å²) in [6, 6.07) is 6.84. The van der Waals surface area contributed by atoms with Crippen molar-refractivity contribution in [3.8, 4) is 0 Å². The minimum Gasteiger partial charge on any atom is -0.388 e. The summed E-state index contributed by atoms with van der Waals surface area (Å²) in [5, 5.41) is 9.80. The molecule has 2 aromatic carbocycles. The standard InChI is InChI=1S/C14H10F4O/c15-10-5-1-3-8(13(10)17)7-12(19)9-4-2-6-11(16)14(9)18/h1-6,12,19H,7H2. The lowest BCUT2D eigenvalue weighted by molar-refractivity contribution is 0.170. The number of rotatable bonds is 3. The molecular formula is C14H10F4O. The Balaban J connectivity index is 2.28. The van der Waals surface area contributed by atoms with Crippen LogP contribution < -0.4 is 0 Å². The normalized spacial score (nSPS) is 12.5. The van der Waals surface area contributed by atoms with Gasteiger partial charge in [0.1, 0.15) is 0 Å². The van der Waals surface area contributed by atoms with Crippen molar-refractivity contribution in [2.24, 2.45) is 0 Å². The van der Waals surface area contributed by atoms with Crippen molar-refractivity contribution >= 4 is 0 Å². The lowest BCUT2D eigenvalue weighted by atomic mass is 10.0. The van der Waals surface area contributed by atoms with Crippen LogP contribution in [0.15, 0.2) is 36.4 Å². The second-order valence-corrected chi connectivity index (χ2v) is 4.08. The van der Waals surface area contributed by atoms with E-state index in [-0.39, 0.29) is 17.5 Å². The maximum Gasteiger partial charge on any atom is 0.164 e. The third-order valence-electron chi connectivity index (χ3n) is 2.79. The molecule has 5 heteroatoms. The fourth-order valence-electron chi connectivity index (χ4n) is 1.80. The molecule has 0 saturated carbocycles. The second-order valence-electron chi connectivity index (χ2n) is 4.08. The molecule has 0 spiro atoms. The van der Waals surface area contributed by atoms with E-state index in [1.165, 1.54) is 24.3 Å². The van der Waals surface area contributed by atoms with E-state index in [2.05, 4.69) is 0 Å². The fraction of sp³-hybridized carbons (Fsp3) is 0.143. The first-order valence-electron chi connectivity index (χ1n) is 5.55. The Hall–Kier alpha value is -1.88. The molecule has 0 aliphatic carbocycles. The van der Waals surface area contributed by atoms with Crippen molar-refractivity contribution < 1.29 is 22.7 Å². The highest BCUT2D eigenvalue weighted by Gasteiger charge is 2.18. The zero-order chi connectivity index (χ0) is 14.0. The maximum atomic E-state index is 13.4. The third-order valence-corrected chi connectivity index (χ3v) is 2.79. The molecule has 0 aliphatic heterocycles. The largest absolute Gasteiger partial charge is 0.388 e. The maximum absolute atomic E-state index is 13.4. The van der Waals surface area contributed by atoms with Crippen molar-refractivity contribution in [1.82, 2.24) is 0 Å². The molecule has 19 heavy (non-hydrogen) atoms. The van der Waals surface area contributed by atoms with Crippen molar-refractivity contribution in [3.63, 3.8) is 0 Å². The molecule has 1 unspecified atom stereocenters. The van der Waals surface area contributed by atoms with Gasteiger partial charge in [0, 0.05) is 12.0 Å². The van der Waals surface area contributed by atoms with Crippen LogP contribution in [0.3, 0.4) is 0 Å². The summed E-state index contributed by atoms with van der Waals surface area (Å²) >= 11 is 0. The molecule has 0 radical (unpaired) electrons. The van der Waals surface area contributed by atoms with Crippen LogP contribution in [0.25, 0.3) is 0 Å². The summed E-state index contributed by atoms with van der Waals surface area (Å²) in [7, 11) is 0. The minimum atomic E-state index is -1.45. The number of hydrogen-bond acceptors (Lipinski definition) is 1. The van der Waals surface area contributed by atoms with E-state index in [9.17, 15) is 22.7 Å². The Morgan fingerprint density at radius 3 is 2.11 bits per heavy atom. The number of aliphatic hydroxyl groups excluding tert-OH is 1. The lowest BCUT2D eigenvalue weighted by Gasteiger charge is -2.13. The monoisotopic (exact) mass is 270 g/mol. The van der Waals surface area contributed by atoms with Crippen molar-refractivity contribution in [1.29, 1.82) is 0 Å². The predicted octanol–water partition coefficient (Wildman–Crippen LogP) is 3.52. The SMILES string of the molecule is OC(Cc1cccc(F)c1F)c1cccc(F)c1F. The van der Waals surface area contributed by atoms with Gasteiger partial charge in [-0.1, -0.05) is 24.3 Å². The van der Waals surface area contributed by atoms with Gasteiger partial charge in [-0.15, -0.1) is 0 Å². The van der Waals surface area contributed by atoms with Gasteiger partial charge in [-0.25, -0.2) is 17.6 Å². The highest BCUT2D eigenvalue weighted by molar-refractivity contribution is 5.25. The van der Waals surface area contributed by atoms with Gasteiger partial charge in [-0.05, 0) is 17.7 Å². The van der Waals surface area contributed by atoms with E-state index in [4.69, 9.17) is 0 Å². The average molecular weight is 270 g/mol. The van der Waals surface area contributed by atoms with Gasteiger partial charge in [0.2, 0.25) is 0 Å². The predicted molar refractivity (Wildman–Crippen MR) is 61.4 cm³/mol. The van der Waals surface area contributed by atoms with E-state index in [0.29, 0.717) is 0 Å². The summed E-state index contributed by atoms with van der Waals surface area (Å²) in [6.07, 6.45) is -1.80. The first-order chi connectivity index (χ1) is 9.00. The van der Waals surface area contributed by atoms with Gasteiger partial charge in [-0.2, -0.15) is 0 Å². The van der Waals surface area contributed by atoms with Gasteiger partial charge >= 0.3 is 0 Å². The number of halogens is 4. The fourth-order valence-corrected chi connectivity index (χ4v) is 1.80. The third kappa shape index (κ3) is 2.76. The van der Waals surface area contributed by atoms with Gasteiger partial charge in [0.05, 0.1) is 6.10 Å². The van der Waals surface area contributed by atoms with Gasteiger partial charge in [0.15, 0.2) is 23.3 Å². The Kier molecular flexibility index (Phi) is 3.85. The van der Waals surface area contributed by atoms with Crippen molar-refractivity contribution in [2.75, 3.05) is 0 Å². The Bertz CT molecular complexity index is 598. The molecule has 1 atom stereocenters. The van der Waals surface area contributed by atoms with Gasteiger partial charge in [-0.3, -0.25) is 0 Å². The quantitative estimate of drug-likeness (QED) is 0.846. The van der Waals surface area contributed by atoms with Crippen LogP contribution in [0, 0.1) is 23.3 Å².